The van der Waals surface area contributed by atoms with E-state index in [-0.39, 0.29) is 11.9 Å². The average Bonchev–Trinajstić information content (AvgIpc) is 3.19. The zero-order valence-corrected chi connectivity index (χ0v) is 10.9. The summed E-state index contributed by atoms with van der Waals surface area (Å²) in [5, 5.41) is 11.6. The molecule has 0 aliphatic heterocycles. The summed E-state index contributed by atoms with van der Waals surface area (Å²) in [4.78, 5) is 22.6. The molecule has 0 saturated heterocycles. The molecule has 1 aromatic carbocycles. The van der Waals surface area contributed by atoms with E-state index in [0.717, 1.165) is 5.56 Å². The molecule has 1 aromatic rings. The second kappa shape index (κ2) is 5.30. The molecule has 1 amide bonds. The topological polar surface area (TPSA) is 75.6 Å². The Balaban J connectivity index is 2.00. The molecule has 102 valence electrons. The van der Waals surface area contributed by atoms with Crippen molar-refractivity contribution in [3.05, 3.63) is 29.8 Å². The zero-order chi connectivity index (χ0) is 14.0. The molecule has 2 N–H and O–H groups in total. The molecule has 19 heavy (non-hydrogen) atoms. The summed E-state index contributed by atoms with van der Waals surface area (Å²) in [6, 6.07) is 7.23. The van der Waals surface area contributed by atoms with E-state index >= 15 is 0 Å². The third-order valence-electron chi connectivity index (χ3n) is 3.41. The van der Waals surface area contributed by atoms with Crippen LogP contribution in [0, 0.1) is 11.8 Å². The van der Waals surface area contributed by atoms with E-state index in [4.69, 9.17) is 9.84 Å². The Morgan fingerprint density at radius 3 is 2.63 bits per heavy atom. The Bertz CT molecular complexity index is 500. The largest absolute Gasteiger partial charge is 0.496 e. The number of hydrogen-bond acceptors (Lipinski definition) is 3. The van der Waals surface area contributed by atoms with Gasteiger partial charge in [0.1, 0.15) is 5.75 Å². The van der Waals surface area contributed by atoms with Crippen LogP contribution in [0.25, 0.3) is 0 Å². The maximum atomic E-state index is 11.9. The van der Waals surface area contributed by atoms with Gasteiger partial charge in [-0.15, -0.1) is 0 Å². The lowest BCUT2D eigenvalue weighted by molar-refractivity contribution is -0.140. The number of carboxylic acid groups (broad SMARTS) is 1. The van der Waals surface area contributed by atoms with Gasteiger partial charge in [0.25, 0.3) is 0 Å². The molecule has 1 saturated carbocycles. The van der Waals surface area contributed by atoms with Gasteiger partial charge in [-0.2, -0.15) is 0 Å². The molecule has 3 atom stereocenters. The maximum Gasteiger partial charge on any atom is 0.307 e. The van der Waals surface area contributed by atoms with E-state index in [0.29, 0.717) is 12.2 Å². The minimum Gasteiger partial charge on any atom is -0.496 e. The Hall–Kier alpha value is -2.04. The lowest BCUT2D eigenvalue weighted by Crippen LogP contribution is -2.29. The first-order valence-electron chi connectivity index (χ1n) is 6.20. The first-order valence-corrected chi connectivity index (χ1v) is 6.20. The van der Waals surface area contributed by atoms with Crippen LogP contribution in [0.2, 0.25) is 0 Å². The number of hydrogen-bond donors (Lipinski definition) is 2. The number of nitrogens with one attached hydrogen (secondary N) is 1. The highest BCUT2D eigenvalue weighted by molar-refractivity contribution is 5.89. The number of benzene rings is 1. The van der Waals surface area contributed by atoms with Crippen LogP contribution in [0.1, 0.15) is 24.9 Å². The number of rotatable bonds is 5. The number of carboxylic acids is 1. The minimum absolute atomic E-state index is 0.203. The van der Waals surface area contributed by atoms with Crippen molar-refractivity contribution >= 4 is 11.9 Å². The van der Waals surface area contributed by atoms with Gasteiger partial charge in [-0.25, -0.2) is 0 Å². The Labute approximate surface area is 111 Å². The van der Waals surface area contributed by atoms with Crippen molar-refractivity contribution in [2.75, 3.05) is 7.11 Å². The monoisotopic (exact) mass is 263 g/mol. The van der Waals surface area contributed by atoms with Crippen molar-refractivity contribution < 1.29 is 19.4 Å². The van der Waals surface area contributed by atoms with Crippen LogP contribution in [0.3, 0.4) is 0 Å². The van der Waals surface area contributed by atoms with E-state index in [1.807, 2.05) is 31.2 Å². The van der Waals surface area contributed by atoms with Crippen LogP contribution < -0.4 is 10.1 Å². The predicted molar refractivity (Wildman–Crippen MR) is 68.8 cm³/mol. The van der Waals surface area contributed by atoms with Crippen LogP contribution in [-0.4, -0.2) is 24.1 Å². The molecular formula is C14H17NO4. The molecule has 0 radical (unpaired) electrons. The molecule has 5 heteroatoms. The SMILES string of the molecule is COc1ccccc1C(C)NC(=O)C1CC1C(=O)O. The van der Waals surface area contributed by atoms with Crippen LogP contribution in [-0.2, 0) is 9.59 Å². The quantitative estimate of drug-likeness (QED) is 0.846. The van der Waals surface area contributed by atoms with Crippen LogP contribution >= 0.6 is 0 Å². The minimum atomic E-state index is -0.898. The summed E-state index contributed by atoms with van der Waals surface area (Å²) >= 11 is 0. The van der Waals surface area contributed by atoms with Gasteiger partial charge in [-0.1, -0.05) is 18.2 Å². The van der Waals surface area contributed by atoms with Gasteiger partial charge >= 0.3 is 5.97 Å². The van der Waals surface area contributed by atoms with Gasteiger partial charge in [0, 0.05) is 5.56 Å². The fourth-order valence-corrected chi connectivity index (χ4v) is 2.18. The van der Waals surface area contributed by atoms with Crippen LogP contribution in [0.4, 0.5) is 0 Å². The lowest BCUT2D eigenvalue weighted by atomic mass is 10.1. The van der Waals surface area contributed by atoms with Crippen LogP contribution in [0.15, 0.2) is 24.3 Å². The maximum absolute atomic E-state index is 11.9. The van der Waals surface area contributed by atoms with Gasteiger partial charge in [0.05, 0.1) is 25.0 Å². The number of aliphatic carboxylic acids is 1. The van der Waals surface area contributed by atoms with Gasteiger partial charge in [-0.05, 0) is 19.4 Å². The highest BCUT2D eigenvalue weighted by atomic mass is 16.5. The highest BCUT2D eigenvalue weighted by Gasteiger charge is 2.48. The molecule has 0 heterocycles. The summed E-state index contributed by atoms with van der Waals surface area (Å²) in [6.45, 7) is 1.86. The number of methoxy groups -OCH3 is 1. The molecule has 2 rings (SSSR count). The predicted octanol–water partition coefficient (Wildman–Crippen LogP) is 1.59. The fourth-order valence-electron chi connectivity index (χ4n) is 2.18. The van der Waals surface area contributed by atoms with Gasteiger partial charge in [-0.3, -0.25) is 9.59 Å². The standard InChI is InChI=1S/C14H17NO4/c1-8(9-5-3-4-6-12(9)19-2)15-13(16)10-7-11(10)14(17)18/h3-6,8,10-11H,7H2,1-2H3,(H,15,16)(H,17,18). The molecule has 0 spiro atoms. The molecule has 0 aromatic heterocycles. The molecule has 0 bridgehead atoms. The van der Waals surface area contributed by atoms with Crippen molar-refractivity contribution in [1.29, 1.82) is 0 Å². The first kappa shape index (κ1) is 13.4. The molecule has 5 nitrogen and oxygen atoms in total. The van der Waals surface area contributed by atoms with E-state index in [2.05, 4.69) is 5.32 Å². The van der Waals surface area contributed by atoms with Crippen molar-refractivity contribution in [3.8, 4) is 5.75 Å². The third kappa shape index (κ3) is 2.86. The molecule has 3 unspecified atom stereocenters. The van der Waals surface area contributed by atoms with Crippen molar-refractivity contribution in [2.24, 2.45) is 11.8 Å². The van der Waals surface area contributed by atoms with Crippen molar-refractivity contribution in [2.45, 2.75) is 19.4 Å². The van der Waals surface area contributed by atoms with Gasteiger partial charge in [0.2, 0.25) is 5.91 Å². The van der Waals surface area contributed by atoms with Crippen molar-refractivity contribution in [1.82, 2.24) is 5.32 Å². The number of carbonyl (C=O) groups is 2. The summed E-state index contributed by atoms with van der Waals surface area (Å²) in [7, 11) is 1.58. The second-order valence-corrected chi connectivity index (χ2v) is 4.76. The number of amides is 1. The average molecular weight is 263 g/mol. The Kier molecular flexibility index (Phi) is 3.74. The molecular weight excluding hydrogens is 246 g/mol. The number of para-hydroxylation sites is 1. The molecule has 1 fully saturated rings. The zero-order valence-electron chi connectivity index (χ0n) is 10.9. The lowest BCUT2D eigenvalue weighted by Gasteiger charge is -2.17. The van der Waals surface area contributed by atoms with E-state index < -0.39 is 17.8 Å². The molecule has 1 aliphatic rings. The Morgan fingerprint density at radius 1 is 1.37 bits per heavy atom. The van der Waals surface area contributed by atoms with Crippen LogP contribution in [0.5, 0.6) is 5.75 Å². The number of carbonyl (C=O) groups excluding carboxylic acids is 1. The number of ether oxygens (including phenoxy) is 1. The van der Waals surface area contributed by atoms with Gasteiger partial charge in [0.15, 0.2) is 0 Å². The summed E-state index contributed by atoms with van der Waals surface area (Å²) in [5.41, 5.74) is 0.880. The first-order chi connectivity index (χ1) is 9.04. The van der Waals surface area contributed by atoms with E-state index in [1.165, 1.54) is 0 Å². The van der Waals surface area contributed by atoms with Crippen molar-refractivity contribution in [3.63, 3.8) is 0 Å². The Morgan fingerprint density at radius 2 is 2.05 bits per heavy atom. The third-order valence-corrected chi connectivity index (χ3v) is 3.41. The fraction of sp³-hybridized carbons (Fsp3) is 0.429. The second-order valence-electron chi connectivity index (χ2n) is 4.76. The normalized spacial score (nSPS) is 22.4. The highest BCUT2D eigenvalue weighted by Crippen LogP contribution is 2.39. The molecule has 1 aliphatic carbocycles. The smallest absolute Gasteiger partial charge is 0.307 e. The van der Waals surface area contributed by atoms with E-state index in [9.17, 15) is 9.59 Å². The van der Waals surface area contributed by atoms with E-state index in [1.54, 1.807) is 7.11 Å². The summed E-state index contributed by atoms with van der Waals surface area (Å²) in [6.07, 6.45) is 0.430. The summed E-state index contributed by atoms with van der Waals surface area (Å²) in [5.74, 6) is -1.31. The van der Waals surface area contributed by atoms with Gasteiger partial charge < -0.3 is 15.2 Å². The summed E-state index contributed by atoms with van der Waals surface area (Å²) < 4.78 is 5.24.